The summed E-state index contributed by atoms with van der Waals surface area (Å²) in [6.07, 6.45) is 0.516. The van der Waals surface area contributed by atoms with E-state index in [0.717, 1.165) is 23.1 Å². The summed E-state index contributed by atoms with van der Waals surface area (Å²) in [5, 5.41) is 4.59. The smallest absolute Gasteiger partial charge is 0.321 e. The minimum atomic E-state index is -3.83. The number of hydrogen-bond donors (Lipinski definition) is 3. The van der Waals surface area contributed by atoms with Crippen LogP contribution in [0.1, 0.15) is 54.5 Å². The second-order valence-corrected chi connectivity index (χ2v) is 9.95. The highest BCUT2D eigenvalue weighted by molar-refractivity contribution is 7.89. The molecule has 0 saturated heterocycles. The number of nitrogens with one attached hydrogen (secondary N) is 3. The van der Waals surface area contributed by atoms with E-state index < -0.39 is 34.5 Å². The molecule has 0 aromatic heterocycles. The molecule has 1 aromatic rings. The lowest BCUT2D eigenvalue weighted by molar-refractivity contribution is -0.148. The first kappa shape index (κ1) is 27.6. The monoisotopic (exact) mass is 469 g/mol. The zero-order chi connectivity index (χ0) is 24.6. The van der Waals surface area contributed by atoms with Crippen molar-refractivity contribution < 1.29 is 27.5 Å². The molecule has 10 heteroatoms. The van der Waals surface area contributed by atoms with Gasteiger partial charge in [0.2, 0.25) is 10.0 Å². The third kappa shape index (κ3) is 7.90. The fraction of sp³-hybridized carbons (Fsp3) is 0.591. The van der Waals surface area contributed by atoms with Crippen LogP contribution in [0.2, 0.25) is 0 Å². The van der Waals surface area contributed by atoms with Crippen LogP contribution in [0.25, 0.3) is 0 Å². The number of imide groups is 1. The van der Waals surface area contributed by atoms with Gasteiger partial charge in [-0.25, -0.2) is 17.9 Å². The highest BCUT2D eigenvalue weighted by atomic mass is 32.2. The lowest BCUT2D eigenvalue weighted by Crippen LogP contribution is -2.42. The highest BCUT2D eigenvalue weighted by Gasteiger charge is 2.23. The molecule has 0 aliphatic rings. The van der Waals surface area contributed by atoms with Crippen LogP contribution < -0.4 is 15.4 Å². The van der Waals surface area contributed by atoms with Crippen molar-refractivity contribution in [2.45, 2.75) is 66.2 Å². The fourth-order valence-corrected chi connectivity index (χ4v) is 4.76. The van der Waals surface area contributed by atoms with Gasteiger partial charge in [-0.2, -0.15) is 0 Å². The molecule has 0 aliphatic heterocycles. The molecule has 32 heavy (non-hydrogen) atoms. The third-order valence-electron chi connectivity index (χ3n) is 5.45. The predicted molar refractivity (Wildman–Crippen MR) is 122 cm³/mol. The first-order chi connectivity index (χ1) is 14.8. The number of rotatable bonds is 10. The van der Waals surface area contributed by atoms with Gasteiger partial charge in [0.15, 0.2) is 6.61 Å². The molecule has 0 bridgehead atoms. The molecular formula is C22H35N3O6S. The minimum Gasteiger partial charge on any atom is -0.456 e. The van der Waals surface area contributed by atoms with Gasteiger partial charge in [0.05, 0.1) is 11.3 Å². The lowest BCUT2D eigenvalue weighted by atomic mass is 9.95. The van der Waals surface area contributed by atoms with Crippen LogP contribution in [0.5, 0.6) is 0 Å². The summed E-state index contributed by atoms with van der Waals surface area (Å²) >= 11 is 0. The van der Waals surface area contributed by atoms with E-state index in [-0.39, 0.29) is 17.9 Å². The number of esters is 1. The normalized spacial score (nSPS) is 11.4. The fourth-order valence-electron chi connectivity index (χ4n) is 3.13. The van der Waals surface area contributed by atoms with Crippen molar-refractivity contribution in [2.24, 2.45) is 5.92 Å². The second kappa shape index (κ2) is 12.0. The molecule has 0 heterocycles. The van der Waals surface area contributed by atoms with Gasteiger partial charge in [-0.3, -0.25) is 14.9 Å². The zero-order valence-corrected chi connectivity index (χ0v) is 20.8. The lowest BCUT2D eigenvalue weighted by Gasteiger charge is -2.19. The molecule has 1 rings (SSSR count). The Balaban J connectivity index is 2.53. The van der Waals surface area contributed by atoms with Gasteiger partial charge >= 0.3 is 12.0 Å². The molecular weight excluding hydrogens is 434 g/mol. The van der Waals surface area contributed by atoms with Crippen molar-refractivity contribution in [2.75, 3.05) is 19.7 Å². The van der Waals surface area contributed by atoms with E-state index in [4.69, 9.17) is 4.74 Å². The largest absolute Gasteiger partial charge is 0.456 e. The van der Waals surface area contributed by atoms with Crippen LogP contribution in [-0.4, -0.2) is 46.0 Å². The number of ether oxygens (including phenoxy) is 1. The Kier molecular flexibility index (Phi) is 10.3. The topological polar surface area (TPSA) is 131 Å². The maximum Gasteiger partial charge on any atom is 0.321 e. The quantitative estimate of drug-likeness (QED) is 0.451. The van der Waals surface area contributed by atoms with Crippen molar-refractivity contribution in [3.05, 3.63) is 27.8 Å². The molecule has 0 unspecified atom stereocenters. The van der Waals surface area contributed by atoms with Crippen LogP contribution in [-0.2, 0) is 24.3 Å². The van der Waals surface area contributed by atoms with Gasteiger partial charge in [0.25, 0.3) is 5.91 Å². The number of hydrogen-bond acceptors (Lipinski definition) is 6. The Morgan fingerprint density at radius 1 is 0.875 bits per heavy atom. The standard InChI is InChI=1S/C22H35N3O6S/c1-13(2)8-10-23-22(28)25-19(26)12-31-20(27)9-11-24-32(29,30)21-17(6)15(4)14(3)16(5)18(21)7/h13,24H,8-12H2,1-7H3,(H2,23,25,26,28). The number of urea groups is 1. The van der Waals surface area contributed by atoms with Crippen LogP contribution in [0.15, 0.2) is 4.90 Å². The molecule has 0 saturated carbocycles. The third-order valence-corrected chi connectivity index (χ3v) is 7.18. The molecule has 9 nitrogen and oxygen atoms in total. The summed E-state index contributed by atoms with van der Waals surface area (Å²) in [6, 6.07) is -0.658. The molecule has 0 fully saturated rings. The summed E-state index contributed by atoms with van der Waals surface area (Å²) < 4.78 is 32.9. The van der Waals surface area contributed by atoms with E-state index in [2.05, 4.69) is 15.4 Å². The molecule has 3 N–H and O–H groups in total. The number of benzene rings is 1. The summed E-state index contributed by atoms with van der Waals surface area (Å²) in [5.41, 5.74) is 4.21. The van der Waals surface area contributed by atoms with Crippen LogP contribution >= 0.6 is 0 Å². The molecule has 3 amide bonds. The highest BCUT2D eigenvalue weighted by Crippen LogP contribution is 2.29. The molecule has 0 aliphatic carbocycles. The van der Waals surface area contributed by atoms with Gasteiger partial charge in [-0.15, -0.1) is 0 Å². The van der Waals surface area contributed by atoms with E-state index in [9.17, 15) is 22.8 Å². The minimum absolute atomic E-state index is 0.177. The number of carbonyl (C=O) groups excluding carboxylic acids is 3. The number of carbonyl (C=O) groups is 3. The summed E-state index contributed by atoms with van der Waals surface area (Å²) in [5.74, 6) is -1.11. The molecule has 1 aromatic carbocycles. The van der Waals surface area contributed by atoms with Gasteiger partial charge in [0.1, 0.15) is 0 Å². The van der Waals surface area contributed by atoms with E-state index in [1.165, 1.54) is 0 Å². The average molecular weight is 470 g/mol. The number of sulfonamides is 1. The van der Waals surface area contributed by atoms with Crippen molar-refractivity contribution in [1.29, 1.82) is 0 Å². The Labute approximate surface area is 190 Å². The van der Waals surface area contributed by atoms with Crippen LogP contribution in [0, 0.1) is 40.5 Å². The maximum atomic E-state index is 12.8. The summed E-state index contributed by atoms with van der Waals surface area (Å²) in [4.78, 5) is 35.3. The van der Waals surface area contributed by atoms with Crippen molar-refractivity contribution in [3.63, 3.8) is 0 Å². The Hall–Kier alpha value is -2.46. The SMILES string of the molecule is Cc1c(C)c(C)c(S(=O)(=O)NCCC(=O)OCC(=O)NC(=O)NCCC(C)C)c(C)c1C. The predicted octanol–water partition coefficient (Wildman–Crippen LogP) is 2.31. The van der Waals surface area contributed by atoms with E-state index >= 15 is 0 Å². The van der Waals surface area contributed by atoms with E-state index in [1.54, 1.807) is 13.8 Å². The van der Waals surface area contributed by atoms with E-state index in [0.29, 0.717) is 23.6 Å². The van der Waals surface area contributed by atoms with Gasteiger partial charge < -0.3 is 10.1 Å². The molecule has 180 valence electrons. The second-order valence-electron chi connectivity index (χ2n) is 8.25. The maximum absolute atomic E-state index is 12.8. The average Bonchev–Trinajstić information content (AvgIpc) is 2.68. The van der Waals surface area contributed by atoms with Crippen LogP contribution in [0.4, 0.5) is 4.79 Å². The molecule has 0 spiro atoms. The van der Waals surface area contributed by atoms with E-state index in [1.807, 2.05) is 34.6 Å². The molecule has 0 atom stereocenters. The van der Waals surface area contributed by atoms with Crippen LogP contribution in [0.3, 0.4) is 0 Å². The summed E-state index contributed by atoms with van der Waals surface area (Å²) in [6.45, 7) is 12.9. The first-order valence-electron chi connectivity index (χ1n) is 10.6. The van der Waals surface area contributed by atoms with Gasteiger partial charge in [-0.05, 0) is 74.8 Å². The Bertz CT molecular complexity index is 941. The Morgan fingerprint density at radius 2 is 1.41 bits per heavy atom. The molecule has 0 radical (unpaired) electrons. The van der Waals surface area contributed by atoms with Gasteiger partial charge in [0, 0.05) is 13.1 Å². The van der Waals surface area contributed by atoms with Crippen molar-refractivity contribution >= 4 is 27.9 Å². The zero-order valence-electron chi connectivity index (χ0n) is 20.0. The van der Waals surface area contributed by atoms with Crippen molar-refractivity contribution in [1.82, 2.24) is 15.4 Å². The first-order valence-corrected chi connectivity index (χ1v) is 12.1. The van der Waals surface area contributed by atoms with Gasteiger partial charge in [-0.1, -0.05) is 13.8 Å². The summed E-state index contributed by atoms with van der Waals surface area (Å²) in [7, 11) is -3.83. The van der Waals surface area contributed by atoms with Crippen molar-refractivity contribution in [3.8, 4) is 0 Å². The number of amides is 3. The Morgan fingerprint density at radius 3 is 1.94 bits per heavy atom.